The third-order valence-corrected chi connectivity index (χ3v) is 2.52. The van der Waals surface area contributed by atoms with E-state index in [1.165, 1.54) is 0 Å². The van der Waals surface area contributed by atoms with Gasteiger partial charge in [-0.15, -0.1) is 0 Å². The van der Waals surface area contributed by atoms with Crippen LogP contribution in [-0.2, 0) is 4.79 Å². The number of carbonyl (C=O) groups is 1. The van der Waals surface area contributed by atoms with Crippen molar-refractivity contribution in [3.63, 3.8) is 0 Å². The third kappa shape index (κ3) is 0.940. The molecule has 0 heterocycles. The summed E-state index contributed by atoms with van der Waals surface area (Å²) < 4.78 is 24.0. The fourth-order valence-corrected chi connectivity index (χ4v) is 1.83. The Morgan fingerprint density at radius 1 is 1.58 bits per heavy atom. The van der Waals surface area contributed by atoms with Crippen LogP contribution in [0.3, 0.4) is 0 Å². The van der Waals surface area contributed by atoms with E-state index >= 15 is 0 Å². The Hall–Kier alpha value is -0.930. The lowest BCUT2D eigenvalue weighted by atomic mass is 10.1. The molecule has 2 unspecified atom stereocenters. The van der Waals surface area contributed by atoms with Gasteiger partial charge >= 0.3 is 0 Å². The zero-order valence-electron chi connectivity index (χ0n) is 6.26. The van der Waals surface area contributed by atoms with E-state index in [-0.39, 0.29) is 23.2 Å². The van der Waals surface area contributed by atoms with Crippen LogP contribution < -0.4 is 0 Å². The Balaban J connectivity index is 2.31. The summed E-state index contributed by atoms with van der Waals surface area (Å²) in [5.74, 6) is -1.11. The zero-order chi connectivity index (χ0) is 8.88. The van der Waals surface area contributed by atoms with Gasteiger partial charge in [0.1, 0.15) is 0 Å². The number of hydrogen-bond acceptors (Lipinski definition) is 2. The first-order valence-electron chi connectivity index (χ1n) is 3.85. The highest BCUT2D eigenvalue weighted by atomic mass is 19.3. The van der Waals surface area contributed by atoms with Crippen molar-refractivity contribution in [3.8, 4) is 0 Å². The Labute approximate surface area is 67.9 Å². The smallest absolute Gasteiger partial charge is 0.294 e. The predicted molar refractivity (Wildman–Crippen MR) is 36.9 cm³/mol. The van der Waals surface area contributed by atoms with Gasteiger partial charge in [-0.2, -0.15) is 0 Å². The molecule has 2 fully saturated rings. The number of allylic oxidation sites excluding steroid dienone is 2. The first kappa shape index (κ1) is 7.71. The van der Waals surface area contributed by atoms with Crippen LogP contribution in [0.25, 0.3) is 0 Å². The Bertz CT molecular complexity index is 270. The highest BCUT2D eigenvalue weighted by molar-refractivity contribution is 6.00. The molecule has 0 aromatic carbocycles. The molecule has 1 N–H and O–H groups in total. The summed E-state index contributed by atoms with van der Waals surface area (Å²) in [5, 5.41) is 8.90. The Kier molecular flexibility index (Phi) is 1.46. The maximum atomic E-state index is 12.0. The minimum Gasteiger partial charge on any atom is -0.506 e. The molecule has 12 heavy (non-hydrogen) atoms. The van der Waals surface area contributed by atoms with Gasteiger partial charge in [0.25, 0.3) is 6.43 Å². The summed E-state index contributed by atoms with van der Waals surface area (Å²) in [6, 6.07) is 0. The van der Waals surface area contributed by atoms with E-state index in [2.05, 4.69) is 0 Å². The number of aliphatic hydroxyl groups excluding tert-OH is 1. The lowest BCUT2D eigenvalue weighted by Gasteiger charge is -2.02. The molecule has 0 radical (unpaired) electrons. The fourth-order valence-electron chi connectivity index (χ4n) is 1.83. The van der Waals surface area contributed by atoms with Crippen molar-refractivity contribution in [1.29, 1.82) is 0 Å². The Morgan fingerprint density at radius 2 is 2.25 bits per heavy atom. The molecule has 0 saturated heterocycles. The molecular weight excluding hydrogens is 166 g/mol. The molecule has 0 bridgehead atoms. The molecule has 2 aliphatic rings. The minimum atomic E-state index is -2.90. The van der Waals surface area contributed by atoms with Crippen molar-refractivity contribution in [2.75, 3.05) is 0 Å². The van der Waals surface area contributed by atoms with Gasteiger partial charge in [0.15, 0.2) is 11.5 Å². The number of alkyl halides is 2. The van der Waals surface area contributed by atoms with Gasteiger partial charge in [-0.3, -0.25) is 4.79 Å². The molecule has 66 valence electrons. The van der Waals surface area contributed by atoms with Crippen molar-refractivity contribution in [1.82, 2.24) is 0 Å². The molecule has 2 atom stereocenters. The number of aliphatic hydroxyl groups is 1. The molecule has 2 saturated carbocycles. The largest absolute Gasteiger partial charge is 0.506 e. The summed E-state index contributed by atoms with van der Waals surface area (Å²) in [6.45, 7) is 0. The molecule has 0 aromatic heterocycles. The number of Topliss-reactive ketones (excluding diaryl/α,β-unsaturated/α-hetero) is 1. The average molecular weight is 174 g/mol. The normalized spacial score (nSPS) is 37.1. The van der Waals surface area contributed by atoms with Gasteiger partial charge in [-0.25, -0.2) is 8.78 Å². The summed E-state index contributed by atoms with van der Waals surface area (Å²) in [7, 11) is 0. The lowest BCUT2D eigenvalue weighted by molar-refractivity contribution is -0.115. The fraction of sp³-hybridized carbons (Fsp3) is 0.625. The van der Waals surface area contributed by atoms with Crippen molar-refractivity contribution < 1.29 is 18.7 Å². The molecule has 2 rings (SSSR count). The number of halogens is 2. The van der Waals surface area contributed by atoms with E-state index < -0.39 is 12.2 Å². The van der Waals surface area contributed by atoms with Crippen LogP contribution in [0, 0.1) is 11.8 Å². The second-order valence-corrected chi connectivity index (χ2v) is 3.33. The predicted octanol–water partition coefficient (Wildman–Crippen LogP) is 1.67. The second kappa shape index (κ2) is 2.28. The van der Waals surface area contributed by atoms with Gasteiger partial charge in [-0.05, 0) is 18.3 Å². The summed E-state index contributed by atoms with van der Waals surface area (Å²) in [6.07, 6.45) is -1.77. The summed E-state index contributed by atoms with van der Waals surface area (Å²) in [5.41, 5.74) is -0.00463. The highest BCUT2D eigenvalue weighted by Crippen LogP contribution is 2.54. The van der Waals surface area contributed by atoms with Crippen molar-refractivity contribution in [3.05, 3.63) is 11.3 Å². The quantitative estimate of drug-likeness (QED) is 0.485. The van der Waals surface area contributed by atoms with Gasteiger partial charge in [0, 0.05) is 12.0 Å². The maximum Gasteiger partial charge on any atom is 0.294 e. The number of ketones is 1. The average Bonchev–Trinajstić information content (AvgIpc) is 2.62. The minimum absolute atomic E-state index is 0.00463. The molecule has 0 aromatic rings. The molecule has 2 aliphatic carbocycles. The van der Waals surface area contributed by atoms with Crippen LogP contribution in [0.2, 0.25) is 0 Å². The van der Waals surface area contributed by atoms with Crippen LogP contribution in [0.4, 0.5) is 8.78 Å². The van der Waals surface area contributed by atoms with E-state index in [1.807, 2.05) is 0 Å². The Morgan fingerprint density at radius 3 is 2.67 bits per heavy atom. The van der Waals surface area contributed by atoms with E-state index in [4.69, 9.17) is 5.11 Å². The van der Waals surface area contributed by atoms with Crippen molar-refractivity contribution in [2.24, 2.45) is 11.8 Å². The first-order valence-corrected chi connectivity index (χ1v) is 3.85. The monoisotopic (exact) mass is 174 g/mol. The third-order valence-electron chi connectivity index (χ3n) is 2.52. The maximum absolute atomic E-state index is 12.0. The van der Waals surface area contributed by atoms with Crippen LogP contribution in [0.1, 0.15) is 12.8 Å². The first-order chi connectivity index (χ1) is 5.61. The van der Waals surface area contributed by atoms with Gasteiger partial charge < -0.3 is 5.11 Å². The lowest BCUT2D eigenvalue weighted by Crippen LogP contribution is -2.07. The van der Waals surface area contributed by atoms with Gasteiger partial charge in [0.2, 0.25) is 0 Å². The van der Waals surface area contributed by atoms with E-state index in [0.717, 1.165) is 6.42 Å². The molecule has 0 spiro atoms. The van der Waals surface area contributed by atoms with E-state index in [1.54, 1.807) is 0 Å². The summed E-state index contributed by atoms with van der Waals surface area (Å²) >= 11 is 0. The van der Waals surface area contributed by atoms with Crippen LogP contribution in [0.15, 0.2) is 11.3 Å². The summed E-state index contributed by atoms with van der Waals surface area (Å²) in [4.78, 5) is 11.0. The number of hydrogen-bond donors (Lipinski definition) is 1. The molecule has 2 nitrogen and oxygen atoms in total. The van der Waals surface area contributed by atoms with Crippen LogP contribution in [0.5, 0.6) is 0 Å². The van der Waals surface area contributed by atoms with Crippen molar-refractivity contribution in [2.45, 2.75) is 19.3 Å². The molecule has 4 heteroatoms. The van der Waals surface area contributed by atoms with Crippen LogP contribution >= 0.6 is 0 Å². The van der Waals surface area contributed by atoms with Crippen molar-refractivity contribution >= 4 is 5.78 Å². The zero-order valence-corrected chi connectivity index (χ0v) is 6.26. The highest BCUT2D eigenvalue weighted by Gasteiger charge is 2.51. The molecule has 0 aliphatic heterocycles. The number of carbonyl (C=O) groups excluding carboxylic acids is 1. The number of rotatable bonds is 1. The molecular formula is C8H8F2O2. The second-order valence-electron chi connectivity index (χ2n) is 3.33. The SMILES string of the molecule is O=C1CC2CC2/C1=C(\O)C(F)F. The van der Waals surface area contributed by atoms with E-state index in [0.29, 0.717) is 6.42 Å². The topological polar surface area (TPSA) is 37.3 Å². The van der Waals surface area contributed by atoms with Gasteiger partial charge in [0.05, 0.1) is 0 Å². The van der Waals surface area contributed by atoms with Gasteiger partial charge in [-0.1, -0.05) is 0 Å². The number of fused-ring (bicyclic) bond motifs is 1. The van der Waals surface area contributed by atoms with Crippen LogP contribution in [-0.4, -0.2) is 17.3 Å². The van der Waals surface area contributed by atoms with E-state index in [9.17, 15) is 13.6 Å². The standard InChI is InChI=1S/C8H8F2O2/c9-8(10)7(12)6-4-1-3(4)2-5(6)11/h3-4,8,12H,1-2H2/b7-6+. The molecule has 0 amide bonds.